The molecular weight excluding hydrogens is 679 g/mol. The average Bonchev–Trinajstić information content (AvgIpc) is 3.59. The van der Waals surface area contributed by atoms with Crippen LogP contribution in [0.4, 0.5) is 0 Å². The van der Waals surface area contributed by atoms with Gasteiger partial charge in [0.05, 0.1) is 18.8 Å². The van der Waals surface area contributed by atoms with Gasteiger partial charge in [0.25, 0.3) is 11.8 Å². The van der Waals surface area contributed by atoms with E-state index in [1.807, 2.05) is 0 Å². The minimum absolute atomic E-state index is 0.0282. The normalized spacial score (nSPS) is 12.1. The van der Waals surface area contributed by atoms with Crippen molar-refractivity contribution >= 4 is 110 Å². The molecule has 6 heterocycles. The molecule has 0 aliphatic carbocycles. The van der Waals surface area contributed by atoms with Crippen molar-refractivity contribution in [2.45, 2.75) is 26.8 Å². The van der Waals surface area contributed by atoms with Crippen LogP contribution in [0.5, 0.6) is 11.5 Å². The molecule has 6 rings (SSSR count). The zero-order valence-electron chi connectivity index (χ0n) is 23.9. The van der Waals surface area contributed by atoms with E-state index in [4.69, 9.17) is 27.9 Å². The Morgan fingerprint density at radius 3 is 2.20 bits per heavy atom. The summed E-state index contributed by atoms with van der Waals surface area (Å²) >= 11 is 14.8. The minimum atomic E-state index is -1.36. The van der Waals surface area contributed by atoms with E-state index in [2.05, 4.69) is 30.6 Å². The number of carbonyl (C=O) groups excluding carboxylic acids is 4. The lowest BCUT2D eigenvalue weighted by Crippen LogP contribution is -2.42. The highest BCUT2D eigenvalue weighted by Crippen LogP contribution is 2.43. The van der Waals surface area contributed by atoms with Crippen molar-refractivity contribution < 1.29 is 34.1 Å². The molecule has 234 valence electrons. The number of amides is 2. The van der Waals surface area contributed by atoms with Gasteiger partial charge in [0.2, 0.25) is 0 Å². The predicted octanol–water partition coefficient (Wildman–Crippen LogP) is 4.96. The molecule has 0 bridgehead atoms. The predicted molar refractivity (Wildman–Crippen MR) is 173 cm³/mol. The zero-order valence-corrected chi connectivity index (χ0v) is 27.0. The van der Waals surface area contributed by atoms with Gasteiger partial charge in [-0.2, -0.15) is 0 Å². The Hall–Kier alpha value is -4.70. The van der Waals surface area contributed by atoms with Gasteiger partial charge in [-0.3, -0.25) is 14.6 Å². The fourth-order valence-electron chi connectivity index (χ4n) is 4.79. The number of fused-ring (bicyclic) bond motifs is 6. The number of hydrogen-bond donors (Lipinski definition) is 4. The Balaban J connectivity index is 1.10. The van der Waals surface area contributed by atoms with Crippen molar-refractivity contribution in [3.63, 3.8) is 0 Å². The van der Waals surface area contributed by atoms with Gasteiger partial charge in [-0.1, -0.05) is 23.2 Å². The molecule has 13 nitrogen and oxygen atoms in total. The standard InChI is InChI=1S/C29H20Cl2N6O7S2/c1-9-4-12-14(6-32-9)46-25-19(12)26(31)37-21(23(25)40)28(42)36-11(3)29(43)44-17(38)8-34-27(41)20-22(39)24-18(10(2)35-20)13-5-16(30)33-7-15(13)45-24/h4-7,11,39-40H,8H2,1-3H3,(H,34,41)(H,36,42). The van der Waals surface area contributed by atoms with Crippen LogP contribution in [0, 0.1) is 13.8 Å². The van der Waals surface area contributed by atoms with Crippen LogP contribution in [0.2, 0.25) is 10.3 Å². The van der Waals surface area contributed by atoms with Gasteiger partial charge < -0.3 is 25.6 Å². The van der Waals surface area contributed by atoms with E-state index in [1.54, 1.807) is 38.4 Å². The summed E-state index contributed by atoms with van der Waals surface area (Å²) < 4.78 is 6.92. The quantitative estimate of drug-likeness (QED) is 0.104. The molecule has 0 aliphatic heterocycles. The van der Waals surface area contributed by atoms with E-state index < -0.39 is 53.5 Å². The monoisotopic (exact) mass is 698 g/mol. The molecule has 6 aromatic heterocycles. The highest BCUT2D eigenvalue weighted by Gasteiger charge is 2.27. The van der Waals surface area contributed by atoms with Crippen molar-refractivity contribution in [1.29, 1.82) is 0 Å². The fourth-order valence-corrected chi connectivity index (χ4v) is 7.54. The number of nitrogens with one attached hydrogen (secondary N) is 2. The molecule has 46 heavy (non-hydrogen) atoms. The molecule has 0 radical (unpaired) electrons. The Bertz CT molecular complexity index is 2310. The minimum Gasteiger partial charge on any atom is -0.504 e. The van der Waals surface area contributed by atoms with Gasteiger partial charge in [-0.25, -0.2) is 24.5 Å². The van der Waals surface area contributed by atoms with Crippen LogP contribution in [0.3, 0.4) is 0 Å². The Morgan fingerprint density at radius 2 is 1.50 bits per heavy atom. The van der Waals surface area contributed by atoms with Gasteiger partial charge >= 0.3 is 11.9 Å². The Kier molecular flexibility index (Phi) is 8.10. The van der Waals surface area contributed by atoms with Gasteiger partial charge in [-0.15, -0.1) is 22.7 Å². The number of pyridine rings is 4. The first-order valence-electron chi connectivity index (χ1n) is 13.3. The molecule has 0 saturated carbocycles. The Labute approximate surface area is 276 Å². The van der Waals surface area contributed by atoms with E-state index in [0.717, 1.165) is 25.9 Å². The summed E-state index contributed by atoms with van der Waals surface area (Å²) in [5.74, 6) is -4.93. The van der Waals surface area contributed by atoms with E-state index in [-0.39, 0.29) is 16.0 Å². The van der Waals surface area contributed by atoms with Gasteiger partial charge in [-0.05, 0) is 32.9 Å². The first kappa shape index (κ1) is 31.3. The summed E-state index contributed by atoms with van der Waals surface area (Å²) in [6.07, 6.45) is 3.18. The largest absolute Gasteiger partial charge is 0.504 e. The molecule has 0 aliphatic rings. The number of thiophene rings is 2. The lowest BCUT2D eigenvalue weighted by Gasteiger charge is -2.13. The van der Waals surface area contributed by atoms with Crippen LogP contribution in [0.15, 0.2) is 24.5 Å². The van der Waals surface area contributed by atoms with E-state index in [1.165, 1.54) is 29.6 Å². The van der Waals surface area contributed by atoms with E-state index in [0.29, 0.717) is 25.9 Å². The van der Waals surface area contributed by atoms with Crippen molar-refractivity contribution in [1.82, 2.24) is 30.6 Å². The number of halogens is 2. The average molecular weight is 700 g/mol. The van der Waals surface area contributed by atoms with Gasteiger partial charge in [0.1, 0.15) is 22.9 Å². The second kappa shape index (κ2) is 11.9. The van der Waals surface area contributed by atoms with E-state index >= 15 is 0 Å². The molecule has 17 heteroatoms. The topological polar surface area (TPSA) is 194 Å². The number of ether oxygens (including phenoxy) is 1. The third kappa shape index (κ3) is 5.51. The summed E-state index contributed by atoms with van der Waals surface area (Å²) in [4.78, 5) is 67.2. The van der Waals surface area contributed by atoms with Crippen LogP contribution >= 0.6 is 45.9 Å². The number of aromatic nitrogens is 4. The summed E-state index contributed by atoms with van der Waals surface area (Å²) in [6, 6.07) is 2.07. The van der Waals surface area contributed by atoms with Crippen molar-refractivity contribution in [3.8, 4) is 11.5 Å². The molecule has 4 N–H and O–H groups in total. The smallest absolute Gasteiger partial charge is 0.336 e. The number of rotatable bonds is 6. The van der Waals surface area contributed by atoms with Crippen molar-refractivity contribution in [2.75, 3.05) is 6.54 Å². The van der Waals surface area contributed by atoms with E-state index in [9.17, 15) is 29.4 Å². The molecule has 0 spiro atoms. The summed E-state index contributed by atoms with van der Waals surface area (Å²) in [5, 5.41) is 29.0. The van der Waals surface area contributed by atoms with Crippen LogP contribution in [-0.4, -0.2) is 66.5 Å². The third-order valence-electron chi connectivity index (χ3n) is 6.93. The maximum Gasteiger partial charge on any atom is 0.336 e. The maximum absolute atomic E-state index is 12.9. The second-order valence-electron chi connectivity index (χ2n) is 10.1. The van der Waals surface area contributed by atoms with Crippen LogP contribution < -0.4 is 10.6 Å². The zero-order chi connectivity index (χ0) is 33.0. The summed E-state index contributed by atoms with van der Waals surface area (Å²) in [5.41, 5.74) is 0.413. The number of esters is 2. The van der Waals surface area contributed by atoms with Crippen LogP contribution in [-0.2, 0) is 14.3 Å². The number of nitrogens with zero attached hydrogens (tertiary/aromatic N) is 4. The highest BCUT2D eigenvalue weighted by molar-refractivity contribution is 7.26. The molecule has 2 amide bonds. The summed E-state index contributed by atoms with van der Waals surface area (Å²) in [7, 11) is 0. The summed E-state index contributed by atoms with van der Waals surface area (Å²) in [6.45, 7) is 3.97. The second-order valence-corrected chi connectivity index (χ2v) is 13.0. The molecule has 1 atom stereocenters. The van der Waals surface area contributed by atoms with Gasteiger partial charge in [0, 0.05) is 45.3 Å². The molecule has 6 aromatic rings. The Morgan fingerprint density at radius 1 is 0.891 bits per heavy atom. The SMILES string of the molecule is Cc1cc2c(cn1)sc1c(O)c(C(=O)NC(C)C(=O)OC(=O)CNC(=O)c3nc(C)c4c(sc5cnc(Cl)cc54)c3O)nc(Cl)c12. The molecule has 0 fully saturated rings. The van der Waals surface area contributed by atoms with Crippen LogP contribution in [0.25, 0.3) is 40.3 Å². The first-order chi connectivity index (χ1) is 21.8. The lowest BCUT2D eigenvalue weighted by atomic mass is 10.1. The molecule has 1 unspecified atom stereocenters. The molecule has 0 saturated heterocycles. The lowest BCUT2D eigenvalue weighted by molar-refractivity contribution is -0.160. The van der Waals surface area contributed by atoms with Gasteiger partial charge in [0.15, 0.2) is 22.9 Å². The fraction of sp³-hybridized carbons (Fsp3) is 0.172. The maximum atomic E-state index is 12.9. The highest BCUT2D eigenvalue weighted by atomic mass is 35.5. The number of hydrogen-bond acceptors (Lipinski definition) is 13. The van der Waals surface area contributed by atoms with Crippen LogP contribution in [0.1, 0.15) is 39.3 Å². The number of aryl methyl sites for hydroxylation is 2. The first-order valence-corrected chi connectivity index (χ1v) is 15.7. The molecule has 0 aromatic carbocycles. The number of aromatic hydroxyl groups is 2. The third-order valence-corrected chi connectivity index (χ3v) is 9.70. The van der Waals surface area contributed by atoms with Crippen molar-refractivity contribution in [3.05, 3.63) is 57.6 Å². The van der Waals surface area contributed by atoms with Crippen molar-refractivity contribution in [2.24, 2.45) is 0 Å². The molecular formula is C29H20Cl2N6O7S2. The number of carbonyl (C=O) groups is 4.